The average molecular weight is 565 g/mol. The molecule has 5 rings (SSSR count). The van der Waals surface area contributed by atoms with Crippen molar-refractivity contribution in [3.63, 3.8) is 0 Å². The van der Waals surface area contributed by atoms with Gasteiger partial charge in [0.2, 0.25) is 0 Å². The number of carbonyl (C=O) groups is 1. The molecule has 39 heavy (non-hydrogen) atoms. The van der Waals surface area contributed by atoms with Gasteiger partial charge in [-0.25, -0.2) is 4.79 Å². The monoisotopic (exact) mass is 563 g/mol. The Balaban J connectivity index is 1.18. The fraction of sp³-hybridized carbons (Fsp3) is 0.258. The second kappa shape index (κ2) is 13.1. The quantitative estimate of drug-likeness (QED) is 0.215. The zero-order chi connectivity index (χ0) is 27.0. The van der Waals surface area contributed by atoms with Gasteiger partial charge in [0.15, 0.2) is 0 Å². The van der Waals surface area contributed by atoms with Crippen LogP contribution >= 0.6 is 23.2 Å². The number of carbonyl (C=O) groups excluding carboxylic acids is 1. The number of nitrogens with zero attached hydrogens (tertiary/aromatic N) is 1. The molecule has 0 aromatic heterocycles. The number of rotatable bonds is 9. The Labute approximate surface area is 238 Å². The second-order valence-electron chi connectivity index (χ2n) is 9.54. The molecule has 1 aliphatic rings. The van der Waals surface area contributed by atoms with Crippen molar-refractivity contribution < 1.29 is 14.3 Å². The van der Waals surface area contributed by atoms with E-state index in [-0.39, 0.29) is 0 Å². The van der Waals surface area contributed by atoms with E-state index < -0.39 is 6.03 Å². The molecule has 1 aliphatic heterocycles. The van der Waals surface area contributed by atoms with Crippen LogP contribution in [0.5, 0.6) is 11.5 Å². The molecule has 8 heteroatoms. The van der Waals surface area contributed by atoms with Crippen LogP contribution in [0.1, 0.15) is 24.8 Å². The molecule has 2 N–H and O–H groups in total. The number of fused-ring (bicyclic) bond motifs is 1. The summed E-state index contributed by atoms with van der Waals surface area (Å²) in [6.07, 6.45) is 3.92. The number of likely N-dealkylation sites (tertiary alicyclic amines) is 1. The van der Waals surface area contributed by atoms with E-state index in [0.29, 0.717) is 34.6 Å². The predicted octanol–water partition coefficient (Wildman–Crippen LogP) is 8.23. The minimum absolute atomic E-state index is 0.364. The van der Waals surface area contributed by atoms with E-state index in [4.69, 9.17) is 32.7 Å². The van der Waals surface area contributed by atoms with Crippen LogP contribution in [-0.2, 0) is 6.61 Å². The normalized spacial score (nSPS) is 13.7. The smallest absolute Gasteiger partial charge is 0.323 e. The van der Waals surface area contributed by atoms with Gasteiger partial charge in [0.25, 0.3) is 0 Å². The Morgan fingerprint density at radius 1 is 0.795 bits per heavy atom. The Kier molecular flexibility index (Phi) is 9.09. The van der Waals surface area contributed by atoms with Crippen LogP contribution in [0.15, 0.2) is 78.9 Å². The molecule has 4 aromatic carbocycles. The molecule has 0 spiro atoms. The molecule has 4 aromatic rings. The molecule has 0 saturated carbocycles. The fourth-order valence-corrected chi connectivity index (χ4v) is 5.15. The van der Waals surface area contributed by atoms with Crippen LogP contribution in [0, 0.1) is 0 Å². The average Bonchev–Trinajstić information content (AvgIpc) is 2.95. The van der Waals surface area contributed by atoms with Crippen molar-refractivity contribution in [3.8, 4) is 11.5 Å². The SMILES string of the molecule is O=C(Nc1ccc(Cl)cc1Cl)Nc1ccc(OCc2ccc(OCCN3CCCCC3)cc2)c2ccccc12. The fourth-order valence-electron chi connectivity index (χ4n) is 4.69. The summed E-state index contributed by atoms with van der Waals surface area (Å²) in [5.74, 6) is 1.61. The van der Waals surface area contributed by atoms with Gasteiger partial charge in [-0.3, -0.25) is 4.90 Å². The minimum Gasteiger partial charge on any atom is -0.492 e. The summed E-state index contributed by atoms with van der Waals surface area (Å²) in [4.78, 5) is 15.1. The molecule has 0 bridgehead atoms. The maximum Gasteiger partial charge on any atom is 0.323 e. The lowest BCUT2D eigenvalue weighted by molar-refractivity contribution is 0.183. The highest BCUT2D eigenvalue weighted by Gasteiger charge is 2.12. The highest BCUT2D eigenvalue weighted by molar-refractivity contribution is 6.36. The van der Waals surface area contributed by atoms with Crippen molar-refractivity contribution in [2.45, 2.75) is 25.9 Å². The summed E-state index contributed by atoms with van der Waals surface area (Å²) in [5, 5.41) is 8.30. The van der Waals surface area contributed by atoms with Crippen LogP contribution in [0.3, 0.4) is 0 Å². The van der Waals surface area contributed by atoms with Gasteiger partial charge in [-0.2, -0.15) is 0 Å². The number of piperidine rings is 1. The molecule has 1 fully saturated rings. The van der Waals surface area contributed by atoms with Crippen molar-refractivity contribution in [2.24, 2.45) is 0 Å². The van der Waals surface area contributed by atoms with Gasteiger partial charge in [-0.15, -0.1) is 0 Å². The predicted molar refractivity (Wildman–Crippen MR) is 160 cm³/mol. The third-order valence-electron chi connectivity index (χ3n) is 6.75. The second-order valence-corrected chi connectivity index (χ2v) is 10.4. The topological polar surface area (TPSA) is 62.8 Å². The molecular formula is C31H31Cl2N3O3. The Morgan fingerprint density at radius 2 is 1.51 bits per heavy atom. The number of anilines is 2. The lowest BCUT2D eigenvalue weighted by atomic mass is 10.1. The first-order valence-electron chi connectivity index (χ1n) is 13.2. The molecule has 1 heterocycles. The molecular weight excluding hydrogens is 533 g/mol. The summed E-state index contributed by atoms with van der Waals surface area (Å²) >= 11 is 12.1. The van der Waals surface area contributed by atoms with Crippen LogP contribution in [0.25, 0.3) is 10.8 Å². The Morgan fingerprint density at radius 3 is 2.28 bits per heavy atom. The van der Waals surface area contributed by atoms with E-state index in [9.17, 15) is 4.79 Å². The van der Waals surface area contributed by atoms with Gasteiger partial charge in [0, 0.05) is 22.3 Å². The van der Waals surface area contributed by atoms with Crippen LogP contribution < -0.4 is 20.1 Å². The molecule has 0 unspecified atom stereocenters. The van der Waals surface area contributed by atoms with E-state index in [1.165, 1.54) is 32.4 Å². The van der Waals surface area contributed by atoms with E-state index in [1.807, 2.05) is 60.7 Å². The number of hydrogen-bond acceptors (Lipinski definition) is 4. The number of amides is 2. The Bertz CT molecular complexity index is 1420. The summed E-state index contributed by atoms with van der Waals surface area (Å²) in [6, 6.07) is 24.0. The van der Waals surface area contributed by atoms with E-state index >= 15 is 0 Å². The number of urea groups is 1. The molecule has 1 saturated heterocycles. The summed E-state index contributed by atoms with van der Waals surface area (Å²) < 4.78 is 12.1. The van der Waals surface area contributed by atoms with Crippen molar-refractivity contribution in [2.75, 3.05) is 36.9 Å². The zero-order valence-corrected chi connectivity index (χ0v) is 23.1. The van der Waals surface area contributed by atoms with Crippen molar-refractivity contribution in [3.05, 3.63) is 94.5 Å². The molecule has 6 nitrogen and oxygen atoms in total. The number of nitrogens with one attached hydrogen (secondary N) is 2. The van der Waals surface area contributed by atoms with Crippen molar-refractivity contribution in [1.29, 1.82) is 0 Å². The zero-order valence-electron chi connectivity index (χ0n) is 21.6. The van der Waals surface area contributed by atoms with Crippen molar-refractivity contribution in [1.82, 2.24) is 4.90 Å². The number of ether oxygens (including phenoxy) is 2. The first-order chi connectivity index (χ1) is 19.0. The number of benzene rings is 4. The van der Waals surface area contributed by atoms with Gasteiger partial charge in [0.05, 0.1) is 16.4 Å². The third-order valence-corrected chi connectivity index (χ3v) is 7.30. The minimum atomic E-state index is -0.406. The number of halogens is 2. The van der Waals surface area contributed by atoms with Crippen LogP contribution in [-0.4, -0.2) is 37.2 Å². The van der Waals surface area contributed by atoms with Crippen molar-refractivity contribution >= 4 is 51.4 Å². The molecule has 2 amide bonds. The largest absolute Gasteiger partial charge is 0.492 e. The molecule has 0 aliphatic carbocycles. The van der Waals surface area contributed by atoms with Gasteiger partial charge >= 0.3 is 6.03 Å². The van der Waals surface area contributed by atoms with Crippen LogP contribution in [0.2, 0.25) is 10.0 Å². The molecule has 0 radical (unpaired) electrons. The van der Waals surface area contributed by atoms with Gasteiger partial charge in [-0.1, -0.05) is 66.0 Å². The lowest BCUT2D eigenvalue weighted by Gasteiger charge is -2.26. The van der Waals surface area contributed by atoms with Crippen LogP contribution in [0.4, 0.5) is 16.2 Å². The summed E-state index contributed by atoms with van der Waals surface area (Å²) in [5.41, 5.74) is 2.18. The summed E-state index contributed by atoms with van der Waals surface area (Å²) in [7, 11) is 0. The number of hydrogen-bond donors (Lipinski definition) is 2. The maximum absolute atomic E-state index is 12.7. The standard InChI is InChI=1S/C31H31Cl2N3O3/c32-23-10-13-29(27(33)20-23)35-31(37)34-28-14-15-30(26-7-3-2-6-25(26)28)39-21-22-8-11-24(12-9-22)38-19-18-36-16-4-1-5-17-36/h2-3,6-15,20H,1,4-5,16-19,21H2,(H2,34,35,37). The lowest BCUT2D eigenvalue weighted by Crippen LogP contribution is -2.33. The van der Waals surface area contributed by atoms with Gasteiger partial charge < -0.3 is 20.1 Å². The Hall–Kier alpha value is -3.45. The third kappa shape index (κ3) is 7.35. The first-order valence-corrected chi connectivity index (χ1v) is 13.9. The first kappa shape index (κ1) is 27.1. The maximum atomic E-state index is 12.7. The van der Waals surface area contributed by atoms with E-state index in [1.54, 1.807) is 18.2 Å². The van der Waals surface area contributed by atoms with E-state index in [2.05, 4.69) is 15.5 Å². The summed E-state index contributed by atoms with van der Waals surface area (Å²) in [6.45, 7) is 4.44. The highest BCUT2D eigenvalue weighted by atomic mass is 35.5. The molecule has 0 atom stereocenters. The van der Waals surface area contributed by atoms with Gasteiger partial charge in [-0.05, 0) is 74.0 Å². The highest BCUT2D eigenvalue weighted by Crippen LogP contribution is 2.33. The molecule has 202 valence electrons. The van der Waals surface area contributed by atoms with E-state index in [0.717, 1.165) is 34.4 Å². The van der Waals surface area contributed by atoms with Gasteiger partial charge in [0.1, 0.15) is 24.7 Å².